The molecule has 1 saturated heterocycles. The number of esters is 1. The van der Waals surface area contributed by atoms with Crippen LogP contribution in [0.1, 0.15) is 34.6 Å². The van der Waals surface area contributed by atoms with Crippen LogP contribution in [0.3, 0.4) is 0 Å². The molecule has 0 saturated carbocycles. The van der Waals surface area contributed by atoms with E-state index in [2.05, 4.69) is 39.5 Å². The molecule has 0 N–H and O–H groups in total. The Labute approximate surface area is 92.8 Å². The van der Waals surface area contributed by atoms with Crippen molar-refractivity contribution in [2.24, 2.45) is 11.3 Å². The number of nitrogens with zero attached hydrogens (tertiary/aromatic N) is 1. The maximum absolute atomic E-state index is 11.7. The van der Waals surface area contributed by atoms with Crippen LogP contribution in [0.15, 0.2) is 0 Å². The molecule has 0 radical (unpaired) electrons. The second kappa shape index (κ2) is 3.78. The second-order valence-corrected chi connectivity index (χ2v) is 6.12. The Kier molecular flexibility index (Phi) is 3.15. The first-order chi connectivity index (χ1) is 6.68. The minimum absolute atomic E-state index is 0.00160. The molecule has 88 valence electrons. The molecule has 1 rings (SSSR count). The topological polar surface area (TPSA) is 29.5 Å². The average Bonchev–Trinajstić information content (AvgIpc) is 2.39. The fourth-order valence-corrected chi connectivity index (χ4v) is 2.18. The largest absolute Gasteiger partial charge is 0.469 e. The van der Waals surface area contributed by atoms with Crippen molar-refractivity contribution in [3.05, 3.63) is 0 Å². The Hall–Kier alpha value is -0.570. The van der Waals surface area contributed by atoms with Crippen molar-refractivity contribution >= 4 is 5.97 Å². The number of methoxy groups -OCH3 is 1. The summed E-state index contributed by atoms with van der Waals surface area (Å²) >= 11 is 0. The van der Waals surface area contributed by atoms with Crippen molar-refractivity contribution in [2.75, 3.05) is 20.2 Å². The molecule has 1 unspecified atom stereocenters. The zero-order valence-corrected chi connectivity index (χ0v) is 10.8. The summed E-state index contributed by atoms with van der Waals surface area (Å²) in [6.07, 6.45) is 0. The molecule has 1 aliphatic rings. The monoisotopic (exact) mass is 213 g/mol. The zero-order valence-electron chi connectivity index (χ0n) is 10.8. The van der Waals surface area contributed by atoms with E-state index in [4.69, 9.17) is 4.74 Å². The maximum Gasteiger partial charge on any atom is 0.310 e. The van der Waals surface area contributed by atoms with E-state index in [9.17, 15) is 4.79 Å². The van der Waals surface area contributed by atoms with Gasteiger partial charge in [-0.3, -0.25) is 9.69 Å². The molecule has 0 bridgehead atoms. The number of ether oxygens (including phenoxy) is 1. The lowest BCUT2D eigenvalue weighted by molar-refractivity contribution is -0.147. The third-order valence-corrected chi connectivity index (χ3v) is 3.38. The van der Waals surface area contributed by atoms with Gasteiger partial charge in [-0.15, -0.1) is 0 Å². The van der Waals surface area contributed by atoms with Gasteiger partial charge in [0.15, 0.2) is 0 Å². The molecule has 15 heavy (non-hydrogen) atoms. The highest BCUT2D eigenvalue weighted by Gasteiger charge is 2.46. The van der Waals surface area contributed by atoms with Gasteiger partial charge in [-0.05, 0) is 26.2 Å². The molecule has 0 aromatic rings. The van der Waals surface area contributed by atoms with Crippen molar-refractivity contribution in [1.29, 1.82) is 0 Å². The van der Waals surface area contributed by atoms with Gasteiger partial charge in [0.2, 0.25) is 0 Å². The molecule has 1 aliphatic heterocycles. The Morgan fingerprint density at radius 3 is 2.27 bits per heavy atom. The molecule has 0 aliphatic carbocycles. The molecule has 0 aromatic carbocycles. The fourth-order valence-electron chi connectivity index (χ4n) is 2.18. The van der Waals surface area contributed by atoms with Crippen LogP contribution >= 0.6 is 0 Å². The number of carbonyl (C=O) groups excluding carboxylic acids is 1. The van der Waals surface area contributed by atoms with Gasteiger partial charge < -0.3 is 4.74 Å². The molecule has 0 spiro atoms. The summed E-state index contributed by atoms with van der Waals surface area (Å²) in [6, 6.07) is 0. The Morgan fingerprint density at radius 1 is 1.40 bits per heavy atom. The van der Waals surface area contributed by atoms with Crippen LogP contribution in [-0.2, 0) is 9.53 Å². The SMILES string of the molecule is COC(=O)C1CN(C(C)(C)C)CC1(C)C. The Balaban J connectivity index is 2.82. The predicted octanol–water partition coefficient (Wildman–Crippen LogP) is 1.92. The molecular formula is C12H23NO2. The quantitative estimate of drug-likeness (QED) is 0.623. The van der Waals surface area contributed by atoms with Crippen LogP contribution in [0.2, 0.25) is 0 Å². The van der Waals surface area contributed by atoms with E-state index in [-0.39, 0.29) is 22.8 Å². The van der Waals surface area contributed by atoms with E-state index in [0.717, 1.165) is 13.1 Å². The van der Waals surface area contributed by atoms with E-state index in [1.165, 1.54) is 7.11 Å². The smallest absolute Gasteiger partial charge is 0.310 e. The molecule has 0 aromatic heterocycles. The summed E-state index contributed by atoms with van der Waals surface area (Å²) in [5.41, 5.74) is 0.139. The van der Waals surface area contributed by atoms with E-state index < -0.39 is 0 Å². The number of likely N-dealkylation sites (tertiary alicyclic amines) is 1. The maximum atomic E-state index is 11.7. The number of hydrogen-bond acceptors (Lipinski definition) is 3. The second-order valence-electron chi connectivity index (χ2n) is 6.12. The number of rotatable bonds is 1. The van der Waals surface area contributed by atoms with Gasteiger partial charge in [0.25, 0.3) is 0 Å². The molecule has 1 atom stereocenters. The van der Waals surface area contributed by atoms with E-state index in [0.29, 0.717) is 0 Å². The van der Waals surface area contributed by atoms with Crippen LogP contribution in [0.25, 0.3) is 0 Å². The molecule has 3 nitrogen and oxygen atoms in total. The van der Waals surface area contributed by atoms with Gasteiger partial charge in [-0.1, -0.05) is 13.8 Å². The molecular weight excluding hydrogens is 190 g/mol. The van der Waals surface area contributed by atoms with Gasteiger partial charge in [0, 0.05) is 18.6 Å². The Bertz CT molecular complexity index is 253. The zero-order chi connectivity index (χ0) is 11.9. The highest BCUT2D eigenvalue weighted by molar-refractivity contribution is 5.74. The minimum atomic E-state index is -0.0771. The first-order valence-corrected chi connectivity index (χ1v) is 5.51. The summed E-state index contributed by atoms with van der Waals surface area (Å²) in [7, 11) is 1.47. The molecule has 3 heteroatoms. The lowest BCUT2D eigenvalue weighted by Gasteiger charge is -2.32. The predicted molar refractivity (Wildman–Crippen MR) is 60.6 cm³/mol. The van der Waals surface area contributed by atoms with Crippen molar-refractivity contribution in [3.8, 4) is 0 Å². The summed E-state index contributed by atoms with van der Waals surface area (Å²) < 4.78 is 4.87. The summed E-state index contributed by atoms with van der Waals surface area (Å²) in [5.74, 6) is -0.0755. The van der Waals surface area contributed by atoms with Gasteiger partial charge in [0.1, 0.15) is 0 Å². The van der Waals surface area contributed by atoms with E-state index >= 15 is 0 Å². The first-order valence-electron chi connectivity index (χ1n) is 5.51. The third-order valence-electron chi connectivity index (χ3n) is 3.38. The van der Waals surface area contributed by atoms with Gasteiger partial charge in [-0.25, -0.2) is 0 Å². The first kappa shape index (κ1) is 12.5. The third kappa shape index (κ3) is 2.51. The highest BCUT2D eigenvalue weighted by atomic mass is 16.5. The highest BCUT2D eigenvalue weighted by Crippen LogP contribution is 2.38. The van der Waals surface area contributed by atoms with Crippen LogP contribution in [-0.4, -0.2) is 36.6 Å². The number of carbonyl (C=O) groups is 1. The lowest BCUT2D eigenvalue weighted by atomic mass is 9.82. The molecule has 1 heterocycles. The average molecular weight is 213 g/mol. The fraction of sp³-hybridized carbons (Fsp3) is 0.917. The van der Waals surface area contributed by atoms with E-state index in [1.807, 2.05) is 0 Å². The van der Waals surface area contributed by atoms with Crippen molar-refractivity contribution < 1.29 is 9.53 Å². The molecule has 0 amide bonds. The van der Waals surface area contributed by atoms with Crippen LogP contribution in [0.4, 0.5) is 0 Å². The van der Waals surface area contributed by atoms with Crippen molar-refractivity contribution in [2.45, 2.75) is 40.2 Å². The van der Waals surface area contributed by atoms with Crippen molar-refractivity contribution in [1.82, 2.24) is 4.90 Å². The number of hydrogen-bond donors (Lipinski definition) is 0. The van der Waals surface area contributed by atoms with Crippen molar-refractivity contribution in [3.63, 3.8) is 0 Å². The summed E-state index contributed by atoms with van der Waals surface area (Å²) in [4.78, 5) is 14.0. The standard InChI is InChI=1S/C12H23NO2/c1-11(2,3)13-7-9(10(14)15-6)12(4,5)8-13/h9H,7-8H2,1-6H3. The van der Waals surface area contributed by atoms with Gasteiger partial charge in [0.05, 0.1) is 13.0 Å². The minimum Gasteiger partial charge on any atom is -0.469 e. The van der Waals surface area contributed by atoms with Crippen LogP contribution < -0.4 is 0 Å². The summed E-state index contributed by atoms with van der Waals surface area (Å²) in [6.45, 7) is 12.6. The van der Waals surface area contributed by atoms with Crippen LogP contribution in [0.5, 0.6) is 0 Å². The summed E-state index contributed by atoms with van der Waals surface area (Å²) in [5, 5.41) is 0. The van der Waals surface area contributed by atoms with Gasteiger partial charge >= 0.3 is 5.97 Å². The molecule has 1 fully saturated rings. The van der Waals surface area contributed by atoms with Crippen LogP contribution in [0, 0.1) is 11.3 Å². The normalized spacial score (nSPS) is 26.7. The Morgan fingerprint density at radius 2 is 1.93 bits per heavy atom. The lowest BCUT2D eigenvalue weighted by Crippen LogP contribution is -2.40. The van der Waals surface area contributed by atoms with Gasteiger partial charge in [-0.2, -0.15) is 0 Å². The van der Waals surface area contributed by atoms with E-state index in [1.54, 1.807) is 0 Å².